The number of thiophene rings is 1. The maximum atomic E-state index is 12.6. The largest absolute Gasteiger partial charge is 0.458 e. The molecular weight excluding hydrogens is 364 g/mol. The number of fused-ring (bicyclic) bond motifs is 1. The molecular formula is C20H20N2O4S. The van der Waals surface area contributed by atoms with E-state index in [1.165, 1.54) is 18.3 Å². The molecule has 0 radical (unpaired) electrons. The molecule has 0 bridgehead atoms. The van der Waals surface area contributed by atoms with Crippen molar-refractivity contribution in [2.45, 2.75) is 33.4 Å². The summed E-state index contributed by atoms with van der Waals surface area (Å²) >= 11 is 1.46. The Bertz CT molecular complexity index is 1020. The predicted octanol–water partition coefficient (Wildman–Crippen LogP) is 4.11. The molecule has 0 saturated heterocycles. The first-order valence-corrected chi connectivity index (χ1v) is 9.41. The van der Waals surface area contributed by atoms with Gasteiger partial charge in [0, 0.05) is 16.6 Å². The number of benzene rings is 1. The second-order valence-corrected chi connectivity index (χ2v) is 7.33. The Morgan fingerprint density at radius 1 is 1.19 bits per heavy atom. The van der Waals surface area contributed by atoms with Gasteiger partial charge in [0.05, 0.1) is 6.10 Å². The first kappa shape index (κ1) is 18.8. The number of hydrogen-bond donors (Lipinski definition) is 1. The second kappa shape index (κ2) is 7.75. The molecule has 0 aliphatic carbocycles. The summed E-state index contributed by atoms with van der Waals surface area (Å²) in [5.74, 6) is -0.824. The van der Waals surface area contributed by atoms with Gasteiger partial charge in [-0.2, -0.15) is 0 Å². The van der Waals surface area contributed by atoms with Crippen molar-refractivity contribution >= 4 is 44.9 Å². The lowest BCUT2D eigenvalue weighted by atomic mass is 10.1. The van der Waals surface area contributed by atoms with Crippen LogP contribution in [0.25, 0.3) is 10.2 Å². The van der Waals surface area contributed by atoms with Crippen LogP contribution in [0.3, 0.4) is 0 Å². The fourth-order valence-electron chi connectivity index (χ4n) is 2.74. The van der Waals surface area contributed by atoms with Gasteiger partial charge in [-0.1, -0.05) is 12.1 Å². The molecule has 1 aromatic carbocycles. The lowest BCUT2D eigenvalue weighted by Crippen LogP contribution is -2.22. The summed E-state index contributed by atoms with van der Waals surface area (Å²) in [5, 5.41) is 5.58. The number of anilines is 1. The number of nitrogens with zero attached hydrogens (tertiary/aromatic N) is 1. The normalized spacial score (nSPS) is 11.0. The minimum Gasteiger partial charge on any atom is -0.458 e. The third kappa shape index (κ3) is 4.25. The Kier molecular flexibility index (Phi) is 5.41. The van der Waals surface area contributed by atoms with E-state index >= 15 is 0 Å². The molecule has 3 rings (SSSR count). The van der Waals surface area contributed by atoms with E-state index in [1.54, 1.807) is 48.7 Å². The first-order valence-electron chi connectivity index (χ1n) is 8.53. The summed E-state index contributed by atoms with van der Waals surface area (Å²) in [6, 6.07) is 10.4. The SMILES string of the molecule is CC(=O)c1cccc(NC(=O)Cn2c(C(=O)OC(C)C)cc3ccsc32)c1. The number of ether oxygens (including phenoxy) is 1. The van der Waals surface area contributed by atoms with E-state index in [-0.39, 0.29) is 24.3 Å². The average Bonchev–Trinajstić information content (AvgIpc) is 3.17. The Hall–Kier alpha value is -2.93. The maximum absolute atomic E-state index is 12.6. The highest BCUT2D eigenvalue weighted by molar-refractivity contribution is 7.16. The first-order chi connectivity index (χ1) is 12.8. The number of Topliss-reactive ketones (excluding diaryl/α,β-unsaturated/α-hetero) is 1. The molecule has 0 atom stereocenters. The zero-order chi connectivity index (χ0) is 19.6. The standard InChI is InChI=1S/C20H20N2O4S/c1-12(2)26-20(25)17-10-15-7-8-27-19(15)22(17)11-18(24)21-16-6-4-5-14(9-16)13(3)23/h4-10,12H,11H2,1-3H3,(H,21,24). The molecule has 0 fully saturated rings. The van der Waals surface area contributed by atoms with E-state index < -0.39 is 5.97 Å². The van der Waals surface area contributed by atoms with Crippen molar-refractivity contribution in [3.63, 3.8) is 0 Å². The number of ketones is 1. The molecule has 6 nitrogen and oxygen atoms in total. The third-order valence-electron chi connectivity index (χ3n) is 3.91. The Balaban J connectivity index is 1.84. The van der Waals surface area contributed by atoms with Gasteiger partial charge in [-0.05, 0) is 50.4 Å². The van der Waals surface area contributed by atoms with Crippen LogP contribution in [0.1, 0.15) is 41.6 Å². The molecule has 1 amide bonds. The van der Waals surface area contributed by atoms with E-state index in [9.17, 15) is 14.4 Å². The van der Waals surface area contributed by atoms with Gasteiger partial charge in [0.25, 0.3) is 0 Å². The molecule has 3 aromatic rings. The van der Waals surface area contributed by atoms with Crippen molar-refractivity contribution in [2.24, 2.45) is 0 Å². The number of esters is 1. The topological polar surface area (TPSA) is 77.4 Å². The van der Waals surface area contributed by atoms with Crippen molar-refractivity contribution in [1.29, 1.82) is 0 Å². The van der Waals surface area contributed by atoms with Crippen molar-refractivity contribution in [3.8, 4) is 0 Å². The number of carbonyl (C=O) groups excluding carboxylic acids is 3. The van der Waals surface area contributed by atoms with Crippen LogP contribution in [0.15, 0.2) is 41.8 Å². The minimum atomic E-state index is -0.459. The lowest BCUT2D eigenvalue weighted by molar-refractivity contribution is -0.116. The molecule has 2 heterocycles. The molecule has 0 aliphatic heterocycles. The molecule has 1 N–H and O–H groups in total. The number of rotatable bonds is 6. The van der Waals surface area contributed by atoms with E-state index in [4.69, 9.17) is 4.74 Å². The molecule has 0 saturated carbocycles. The predicted molar refractivity (Wildman–Crippen MR) is 105 cm³/mol. The molecule has 0 aliphatic rings. The fourth-order valence-corrected chi connectivity index (χ4v) is 3.63. The second-order valence-electron chi connectivity index (χ2n) is 6.44. The van der Waals surface area contributed by atoms with Gasteiger partial charge in [0.15, 0.2) is 5.78 Å². The molecule has 27 heavy (non-hydrogen) atoms. The lowest BCUT2D eigenvalue weighted by Gasteiger charge is -2.12. The Morgan fingerprint density at radius 2 is 1.96 bits per heavy atom. The Morgan fingerprint density at radius 3 is 2.67 bits per heavy atom. The van der Waals surface area contributed by atoms with Crippen molar-refractivity contribution < 1.29 is 19.1 Å². The summed E-state index contributed by atoms with van der Waals surface area (Å²) in [6.45, 7) is 5.00. The molecule has 2 aromatic heterocycles. The van der Waals surface area contributed by atoms with Gasteiger partial charge in [0.1, 0.15) is 17.1 Å². The van der Waals surface area contributed by atoms with Crippen molar-refractivity contribution in [2.75, 3.05) is 5.32 Å². The highest BCUT2D eigenvalue weighted by Crippen LogP contribution is 2.26. The van der Waals surface area contributed by atoms with Gasteiger partial charge in [-0.25, -0.2) is 4.79 Å². The van der Waals surface area contributed by atoms with Crippen LogP contribution in [0, 0.1) is 0 Å². The number of carbonyl (C=O) groups is 3. The molecule has 0 spiro atoms. The highest BCUT2D eigenvalue weighted by Gasteiger charge is 2.20. The van der Waals surface area contributed by atoms with E-state index in [0.717, 1.165) is 10.2 Å². The number of aromatic nitrogens is 1. The number of amides is 1. The highest BCUT2D eigenvalue weighted by atomic mass is 32.1. The van der Waals surface area contributed by atoms with Crippen molar-refractivity contribution in [3.05, 3.63) is 53.0 Å². The average molecular weight is 384 g/mol. The number of hydrogen-bond acceptors (Lipinski definition) is 5. The summed E-state index contributed by atoms with van der Waals surface area (Å²) < 4.78 is 6.96. The fraction of sp³-hybridized carbons (Fsp3) is 0.250. The van der Waals surface area contributed by atoms with E-state index in [0.29, 0.717) is 16.9 Å². The van der Waals surface area contributed by atoms with Gasteiger partial charge in [-0.3, -0.25) is 9.59 Å². The van der Waals surface area contributed by atoms with Gasteiger partial charge in [0.2, 0.25) is 5.91 Å². The molecule has 7 heteroatoms. The molecule has 140 valence electrons. The van der Waals surface area contributed by atoms with Crippen LogP contribution in [0.2, 0.25) is 0 Å². The molecule has 0 unspecified atom stereocenters. The zero-order valence-electron chi connectivity index (χ0n) is 15.3. The van der Waals surface area contributed by atoms with Gasteiger partial charge >= 0.3 is 5.97 Å². The van der Waals surface area contributed by atoms with Crippen LogP contribution in [0.4, 0.5) is 5.69 Å². The smallest absolute Gasteiger partial charge is 0.355 e. The third-order valence-corrected chi connectivity index (χ3v) is 4.86. The van der Waals surface area contributed by atoms with Crippen LogP contribution in [-0.2, 0) is 16.1 Å². The summed E-state index contributed by atoms with van der Waals surface area (Å²) in [6.07, 6.45) is -0.248. The van der Waals surface area contributed by atoms with Gasteiger partial charge < -0.3 is 14.6 Å². The summed E-state index contributed by atoms with van der Waals surface area (Å²) in [7, 11) is 0. The minimum absolute atomic E-state index is 0.0309. The zero-order valence-corrected chi connectivity index (χ0v) is 16.1. The van der Waals surface area contributed by atoms with Crippen molar-refractivity contribution in [1.82, 2.24) is 4.57 Å². The van der Waals surface area contributed by atoms with Gasteiger partial charge in [-0.15, -0.1) is 11.3 Å². The summed E-state index contributed by atoms with van der Waals surface area (Å²) in [5.41, 5.74) is 1.40. The monoisotopic (exact) mass is 384 g/mol. The van der Waals surface area contributed by atoms with Crippen LogP contribution >= 0.6 is 11.3 Å². The van der Waals surface area contributed by atoms with Crippen LogP contribution in [-0.4, -0.2) is 28.3 Å². The number of nitrogens with one attached hydrogen (secondary N) is 1. The quantitative estimate of drug-likeness (QED) is 0.512. The Labute approximate surface area is 160 Å². The van der Waals surface area contributed by atoms with Crippen LogP contribution in [0.5, 0.6) is 0 Å². The summed E-state index contributed by atoms with van der Waals surface area (Å²) in [4.78, 5) is 37.3. The maximum Gasteiger partial charge on any atom is 0.355 e. The van der Waals surface area contributed by atoms with Crippen LogP contribution < -0.4 is 5.32 Å². The van der Waals surface area contributed by atoms with E-state index in [1.807, 2.05) is 11.4 Å². The van der Waals surface area contributed by atoms with E-state index in [2.05, 4.69) is 5.32 Å².